The summed E-state index contributed by atoms with van der Waals surface area (Å²) in [5, 5.41) is 12.9. The van der Waals surface area contributed by atoms with E-state index in [1.165, 1.54) is 11.8 Å². The third-order valence-electron chi connectivity index (χ3n) is 4.83. The van der Waals surface area contributed by atoms with Gasteiger partial charge in [-0.25, -0.2) is 14.8 Å². The van der Waals surface area contributed by atoms with Crippen LogP contribution >= 0.6 is 23.1 Å². The molecular weight excluding hydrogens is 444 g/mol. The van der Waals surface area contributed by atoms with Crippen LogP contribution in [0, 0.1) is 0 Å². The number of anilines is 1. The number of rotatable bonds is 7. The maximum atomic E-state index is 12.3. The zero-order valence-corrected chi connectivity index (χ0v) is 20.4. The van der Waals surface area contributed by atoms with Gasteiger partial charge >= 0.3 is 6.09 Å². The minimum absolute atomic E-state index is 0.233. The Hall–Kier alpha value is -2.59. The van der Waals surface area contributed by atoms with Crippen molar-refractivity contribution in [3.05, 3.63) is 58.0 Å². The van der Waals surface area contributed by atoms with Gasteiger partial charge in [-0.1, -0.05) is 30.0 Å². The van der Waals surface area contributed by atoms with Crippen molar-refractivity contribution in [1.29, 1.82) is 0 Å². The number of amides is 1. The van der Waals surface area contributed by atoms with Gasteiger partial charge in [0.15, 0.2) is 0 Å². The van der Waals surface area contributed by atoms with Crippen LogP contribution in [-0.2, 0) is 10.5 Å². The molecule has 172 valence electrons. The topological polar surface area (TPSA) is 96.4 Å². The van der Waals surface area contributed by atoms with Gasteiger partial charge < -0.3 is 15.5 Å². The lowest BCUT2D eigenvalue weighted by Gasteiger charge is -2.32. The van der Waals surface area contributed by atoms with E-state index in [1.807, 2.05) is 51.1 Å². The molecule has 0 atom stereocenters. The Morgan fingerprint density at radius 3 is 2.66 bits per heavy atom. The number of thioether (sulfide) groups is 1. The lowest BCUT2D eigenvalue weighted by molar-refractivity contribution is 0.0205. The number of aromatic nitrogens is 1. The number of nitrogens with two attached hydrogens (primary N) is 1. The number of ether oxygens (including phenoxy) is 1. The van der Waals surface area contributed by atoms with Crippen LogP contribution < -0.4 is 10.9 Å². The zero-order valence-electron chi connectivity index (χ0n) is 18.7. The minimum atomic E-state index is -0.471. The molecule has 1 aliphatic rings. The highest BCUT2D eigenvalue weighted by Gasteiger charge is 2.28. The van der Waals surface area contributed by atoms with Crippen LogP contribution in [0.25, 0.3) is 0 Å². The second-order valence-electron chi connectivity index (χ2n) is 8.45. The largest absolute Gasteiger partial charge is 0.444 e. The first-order valence-electron chi connectivity index (χ1n) is 10.5. The predicted octanol–water partition coefficient (Wildman–Crippen LogP) is 5.71. The molecule has 2 heterocycles. The van der Waals surface area contributed by atoms with Crippen LogP contribution in [0.15, 0.2) is 57.8 Å². The summed E-state index contributed by atoms with van der Waals surface area (Å²) in [7, 11) is 0. The Bertz CT molecular complexity index is 933. The molecule has 0 unspecified atom stereocenters. The normalized spacial score (nSPS) is 15.2. The molecule has 1 amide bonds. The van der Waals surface area contributed by atoms with E-state index in [2.05, 4.69) is 22.4 Å². The highest BCUT2D eigenvalue weighted by Crippen LogP contribution is 2.33. The van der Waals surface area contributed by atoms with Crippen molar-refractivity contribution < 1.29 is 9.53 Å². The number of hydrogen-bond donors (Lipinski definition) is 1. The Morgan fingerprint density at radius 2 is 2.03 bits per heavy atom. The molecule has 1 saturated heterocycles. The molecule has 32 heavy (non-hydrogen) atoms. The van der Waals surface area contributed by atoms with E-state index in [4.69, 9.17) is 15.6 Å². The number of hydrogen-bond acceptors (Lipinski definition) is 7. The quantitative estimate of drug-likeness (QED) is 0.314. The summed E-state index contributed by atoms with van der Waals surface area (Å²) in [5.74, 6) is 6.32. The van der Waals surface area contributed by atoms with Crippen LogP contribution in [0.4, 0.5) is 10.5 Å². The Labute approximate surface area is 197 Å². The van der Waals surface area contributed by atoms with Crippen LogP contribution in [0.3, 0.4) is 0 Å². The van der Waals surface area contributed by atoms with Crippen molar-refractivity contribution in [1.82, 2.24) is 9.88 Å². The number of carbonyl (C=O) groups is 1. The molecule has 1 aromatic carbocycles. The number of nitrogens with zero attached hydrogens (tertiary/aromatic N) is 5. The number of likely N-dealkylation sites (tertiary alicyclic amines) is 1. The van der Waals surface area contributed by atoms with Gasteiger partial charge in [0.05, 0.1) is 21.4 Å². The first kappa shape index (κ1) is 24.1. The number of thiazole rings is 1. The van der Waals surface area contributed by atoms with Crippen molar-refractivity contribution in [3.63, 3.8) is 0 Å². The van der Waals surface area contributed by atoms with Crippen molar-refractivity contribution in [2.45, 2.75) is 50.9 Å². The molecule has 0 spiro atoms. The van der Waals surface area contributed by atoms with Gasteiger partial charge in [-0.05, 0) is 51.0 Å². The lowest BCUT2D eigenvalue weighted by atomic mass is 9.98. The Morgan fingerprint density at radius 1 is 1.34 bits per heavy atom. The summed E-state index contributed by atoms with van der Waals surface area (Å²) >= 11 is 3.22. The molecule has 2 aromatic rings. The smallest absolute Gasteiger partial charge is 0.410 e. The molecule has 2 N–H and O–H groups in total. The van der Waals surface area contributed by atoms with E-state index >= 15 is 0 Å². The maximum absolute atomic E-state index is 12.3. The first-order chi connectivity index (χ1) is 15.3. The van der Waals surface area contributed by atoms with Crippen molar-refractivity contribution in [2.75, 3.05) is 18.1 Å². The molecule has 1 aliphatic heterocycles. The van der Waals surface area contributed by atoms with E-state index in [9.17, 15) is 4.79 Å². The van der Waals surface area contributed by atoms with Gasteiger partial charge in [-0.2, -0.15) is 0 Å². The van der Waals surface area contributed by atoms with E-state index < -0.39 is 5.60 Å². The summed E-state index contributed by atoms with van der Waals surface area (Å²) in [6.07, 6.45) is 1.55. The van der Waals surface area contributed by atoms with Crippen LogP contribution in [0.1, 0.15) is 50.2 Å². The van der Waals surface area contributed by atoms with E-state index in [0.29, 0.717) is 29.8 Å². The van der Waals surface area contributed by atoms with Gasteiger partial charge in [0, 0.05) is 30.1 Å². The summed E-state index contributed by atoms with van der Waals surface area (Å²) in [4.78, 5) is 18.9. The Balaban J connectivity index is 1.52. The van der Waals surface area contributed by atoms with Gasteiger partial charge in [0.1, 0.15) is 5.60 Å². The monoisotopic (exact) mass is 474 g/mol. The van der Waals surface area contributed by atoms with E-state index in [-0.39, 0.29) is 6.09 Å². The minimum Gasteiger partial charge on any atom is -0.444 e. The highest BCUT2D eigenvalue weighted by atomic mass is 32.2. The van der Waals surface area contributed by atoms with Crippen molar-refractivity contribution >= 4 is 34.9 Å². The second kappa shape index (κ2) is 10.8. The lowest BCUT2D eigenvalue weighted by Crippen LogP contribution is -2.41. The van der Waals surface area contributed by atoms with E-state index in [1.54, 1.807) is 21.2 Å². The zero-order chi connectivity index (χ0) is 23.1. The van der Waals surface area contributed by atoms with Gasteiger partial charge in [-0.15, -0.1) is 23.1 Å². The molecule has 8 nitrogen and oxygen atoms in total. The SMILES string of the molecule is C=C(SCc1csc(C2CCN(C(=O)OC(C)(C)C)CC2)n1)N(/N=N\N)c1ccccc1. The van der Waals surface area contributed by atoms with Gasteiger partial charge in [-0.3, -0.25) is 0 Å². The summed E-state index contributed by atoms with van der Waals surface area (Å²) in [6.45, 7) is 11.2. The molecule has 3 rings (SSSR count). The Kier molecular flexibility index (Phi) is 8.14. The average molecular weight is 475 g/mol. The summed E-state index contributed by atoms with van der Waals surface area (Å²) < 4.78 is 5.48. The van der Waals surface area contributed by atoms with Gasteiger partial charge in [0.2, 0.25) is 0 Å². The van der Waals surface area contributed by atoms with Gasteiger partial charge in [0.25, 0.3) is 0 Å². The maximum Gasteiger partial charge on any atom is 0.410 e. The van der Waals surface area contributed by atoms with Crippen molar-refractivity contribution in [3.8, 4) is 0 Å². The second-order valence-corrected chi connectivity index (χ2v) is 10.4. The number of benzene rings is 1. The fraction of sp³-hybridized carbons (Fsp3) is 0.455. The third-order valence-corrected chi connectivity index (χ3v) is 6.83. The molecule has 0 bridgehead atoms. The summed E-state index contributed by atoms with van der Waals surface area (Å²) in [5.41, 5.74) is 1.37. The molecule has 1 fully saturated rings. The highest BCUT2D eigenvalue weighted by molar-refractivity contribution is 8.02. The first-order valence-corrected chi connectivity index (χ1v) is 12.3. The molecule has 0 radical (unpaired) electrons. The molecule has 0 saturated carbocycles. The van der Waals surface area contributed by atoms with E-state index in [0.717, 1.165) is 29.2 Å². The van der Waals surface area contributed by atoms with Crippen LogP contribution in [-0.4, -0.2) is 34.7 Å². The molecule has 1 aromatic heterocycles. The number of piperidine rings is 1. The third kappa shape index (κ3) is 6.70. The molecular formula is C22H30N6O2S2. The summed E-state index contributed by atoms with van der Waals surface area (Å²) in [6, 6.07) is 9.63. The fourth-order valence-electron chi connectivity index (χ4n) is 3.30. The molecule has 0 aliphatic carbocycles. The van der Waals surface area contributed by atoms with Crippen molar-refractivity contribution in [2.24, 2.45) is 16.3 Å². The fourth-order valence-corrected chi connectivity index (χ4v) is 5.12. The van der Waals surface area contributed by atoms with Crippen LogP contribution in [0.2, 0.25) is 0 Å². The number of para-hydroxylation sites is 1. The molecule has 10 heteroatoms. The predicted molar refractivity (Wildman–Crippen MR) is 130 cm³/mol. The average Bonchev–Trinajstić information content (AvgIpc) is 3.24. The van der Waals surface area contributed by atoms with Crippen LogP contribution in [0.5, 0.6) is 0 Å². The number of carbonyl (C=O) groups excluding carboxylic acids is 1. The standard InChI is InChI=1S/C22H30N6O2S2/c1-16(28(26-25-23)19-8-6-5-7-9-19)31-14-18-15-32-20(24-18)17-10-12-27(13-11-17)21(29)30-22(2,3)4/h5-9,15,17H,1,10-14H2,2-4H3,(H2,23,26).